The van der Waals surface area contributed by atoms with E-state index in [1.54, 1.807) is 0 Å². The fourth-order valence-corrected chi connectivity index (χ4v) is 2.34. The van der Waals surface area contributed by atoms with Crippen LogP contribution >= 0.6 is 0 Å². The van der Waals surface area contributed by atoms with Crippen molar-refractivity contribution in [3.63, 3.8) is 0 Å². The van der Waals surface area contributed by atoms with Gasteiger partial charge in [-0.1, -0.05) is 20.3 Å². The van der Waals surface area contributed by atoms with Crippen molar-refractivity contribution in [2.75, 3.05) is 6.54 Å². The van der Waals surface area contributed by atoms with Gasteiger partial charge in [-0.15, -0.1) is 0 Å². The highest BCUT2D eigenvalue weighted by atomic mass is 14.9. The zero-order valence-electron chi connectivity index (χ0n) is 7.69. The summed E-state index contributed by atoms with van der Waals surface area (Å²) in [6, 6.07) is 0.674. The zero-order valence-corrected chi connectivity index (χ0v) is 7.69. The molecule has 0 aromatic carbocycles. The van der Waals surface area contributed by atoms with E-state index < -0.39 is 0 Å². The second kappa shape index (κ2) is 2.48. The van der Waals surface area contributed by atoms with Crippen LogP contribution in [0, 0.1) is 11.3 Å². The first-order chi connectivity index (χ1) is 5.23. The molecule has 0 bridgehead atoms. The Kier molecular flexibility index (Phi) is 1.71. The maximum absolute atomic E-state index is 3.53. The average Bonchev–Trinajstić information content (AvgIpc) is 2.55. The molecule has 2 fully saturated rings. The molecule has 1 spiro atoms. The topological polar surface area (TPSA) is 12.0 Å². The van der Waals surface area contributed by atoms with E-state index in [1.165, 1.54) is 32.2 Å². The third-order valence-electron chi connectivity index (χ3n) is 3.48. The quantitative estimate of drug-likeness (QED) is 0.655. The molecule has 0 aliphatic heterocycles. The Bertz CT molecular complexity index is 147. The lowest BCUT2D eigenvalue weighted by Gasteiger charge is -2.27. The molecule has 0 heterocycles. The van der Waals surface area contributed by atoms with E-state index >= 15 is 0 Å². The summed E-state index contributed by atoms with van der Waals surface area (Å²) in [6.45, 7) is 5.74. The third kappa shape index (κ3) is 1.31. The maximum Gasteiger partial charge on any atom is 0.00104 e. The van der Waals surface area contributed by atoms with Gasteiger partial charge in [0, 0.05) is 6.04 Å². The van der Waals surface area contributed by atoms with E-state index in [9.17, 15) is 0 Å². The van der Waals surface area contributed by atoms with Gasteiger partial charge >= 0.3 is 0 Å². The summed E-state index contributed by atoms with van der Waals surface area (Å²) in [7, 11) is 0. The van der Waals surface area contributed by atoms with Crippen LogP contribution in [0.1, 0.15) is 39.5 Å². The summed E-state index contributed by atoms with van der Waals surface area (Å²) < 4.78 is 0. The number of hydrogen-bond donors (Lipinski definition) is 1. The van der Waals surface area contributed by atoms with Crippen LogP contribution in [0.25, 0.3) is 0 Å². The van der Waals surface area contributed by atoms with Crippen molar-refractivity contribution < 1.29 is 0 Å². The molecule has 11 heavy (non-hydrogen) atoms. The highest BCUT2D eigenvalue weighted by Crippen LogP contribution is 2.65. The van der Waals surface area contributed by atoms with Crippen LogP contribution in [0.3, 0.4) is 0 Å². The fraction of sp³-hybridized carbons (Fsp3) is 1.00. The molecular formula is C10H19N. The standard InChI is InChI=1S/C10H19N/c1-8(2)11-7-9-6-10(9)4-3-5-10/h8-9,11H,3-7H2,1-2H3. The van der Waals surface area contributed by atoms with Crippen molar-refractivity contribution >= 4 is 0 Å². The van der Waals surface area contributed by atoms with Gasteiger partial charge in [0.1, 0.15) is 0 Å². The Hall–Kier alpha value is -0.0400. The first-order valence-corrected chi connectivity index (χ1v) is 4.96. The lowest BCUT2D eigenvalue weighted by atomic mass is 9.80. The van der Waals surface area contributed by atoms with Gasteiger partial charge < -0.3 is 5.32 Å². The molecule has 0 aromatic rings. The summed E-state index contributed by atoms with van der Waals surface area (Å²) in [5, 5.41) is 3.53. The van der Waals surface area contributed by atoms with Gasteiger partial charge in [0.15, 0.2) is 0 Å². The molecule has 1 atom stereocenters. The first-order valence-electron chi connectivity index (χ1n) is 4.96. The summed E-state index contributed by atoms with van der Waals surface area (Å²) in [4.78, 5) is 0. The highest BCUT2D eigenvalue weighted by Gasteiger charge is 2.56. The van der Waals surface area contributed by atoms with E-state index in [0.29, 0.717) is 6.04 Å². The second-order valence-corrected chi connectivity index (χ2v) is 4.68. The summed E-state index contributed by atoms with van der Waals surface area (Å²) >= 11 is 0. The summed E-state index contributed by atoms with van der Waals surface area (Å²) in [5.41, 5.74) is 0.863. The Morgan fingerprint density at radius 3 is 2.55 bits per heavy atom. The van der Waals surface area contributed by atoms with Crippen LogP contribution in [-0.2, 0) is 0 Å². The van der Waals surface area contributed by atoms with E-state index in [4.69, 9.17) is 0 Å². The van der Waals surface area contributed by atoms with Crippen LogP contribution < -0.4 is 5.32 Å². The predicted octanol–water partition coefficient (Wildman–Crippen LogP) is 2.17. The molecule has 0 radical (unpaired) electrons. The molecule has 2 aliphatic rings. The van der Waals surface area contributed by atoms with Crippen molar-refractivity contribution in [1.82, 2.24) is 5.32 Å². The largest absolute Gasteiger partial charge is 0.314 e. The van der Waals surface area contributed by atoms with Crippen LogP contribution in [0.2, 0.25) is 0 Å². The zero-order chi connectivity index (χ0) is 7.90. The number of hydrogen-bond acceptors (Lipinski definition) is 1. The van der Waals surface area contributed by atoms with Gasteiger partial charge in [-0.2, -0.15) is 0 Å². The van der Waals surface area contributed by atoms with Crippen molar-refractivity contribution in [1.29, 1.82) is 0 Å². The normalized spacial score (nSPS) is 32.5. The Morgan fingerprint density at radius 1 is 1.45 bits per heavy atom. The molecule has 1 nitrogen and oxygen atoms in total. The van der Waals surface area contributed by atoms with Crippen molar-refractivity contribution in [3.8, 4) is 0 Å². The van der Waals surface area contributed by atoms with Gasteiger partial charge in [0.05, 0.1) is 0 Å². The predicted molar refractivity (Wildman–Crippen MR) is 47.5 cm³/mol. The summed E-state index contributed by atoms with van der Waals surface area (Å²) in [5.74, 6) is 1.04. The smallest absolute Gasteiger partial charge is 0.00104 e. The van der Waals surface area contributed by atoms with E-state index in [2.05, 4.69) is 19.2 Å². The van der Waals surface area contributed by atoms with Crippen LogP contribution in [0.15, 0.2) is 0 Å². The van der Waals surface area contributed by atoms with Gasteiger partial charge in [-0.05, 0) is 37.1 Å². The minimum Gasteiger partial charge on any atom is -0.314 e. The molecule has 2 saturated carbocycles. The monoisotopic (exact) mass is 153 g/mol. The Morgan fingerprint density at radius 2 is 2.18 bits per heavy atom. The summed E-state index contributed by atoms with van der Waals surface area (Å²) in [6.07, 6.45) is 6.07. The molecular weight excluding hydrogens is 134 g/mol. The van der Waals surface area contributed by atoms with Crippen LogP contribution in [0.4, 0.5) is 0 Å². The van der Waals surface area contributed by atoms with Crippen molar-refractivity contribution in [3.05, 3.63) is 0 Å². The van der Waals surface area contributed by atoms with E-state index in [-0.39, 0.29) is 0 Å². The third-order valence-corrected chi connectivity index (χ3v) is 3.48. The number of rotatable bonds is 3. The average molecular weight is 153 g/mol. The van der Waals surface area contributed by atoms with Crippen molar-refractivity contribution in [2.24, 2.45) is 11.3 Å². The fourth-order valence-electron chi connectivity index (χ4n) is 2.34. The molecule has 64 valence electrons. The molecule has 1 N–H and O–H groups in total. The Balaban J connectivity index is 1.67. The van der Waals surface area contributed by atoms with Crippen molar-refractivity contribution in [2.45, 2.75) is 45.6 Å². The Labute approximate surface area is 69.6 Å². The molecule has 0 saturated heterocycles. The van der Waals surface area contributed by atoms with Gasteiger partial charge in [0.2, 0.25) is 0 Å². The second-order valence-electron chi connectivity index (χ2n) is 4.68. The molecule has 2 rings (SSSR count). The lowest BCUT2D eigenvalue weighted by Crippen LogP contribution is -2.28. The first kappa shape index (κ1) is 7.60. The van der Waals surface area contributed by atoms with Crippen LogP contribution in [-0.4, -0.2) is 12.6 Å². The van der Waals surface area contributed by atoms with Crippen LogP contribution in [0.5, 0.6) is 0 Å². The molecule has 0 amide bonds. The molecule has 1 heteroatoms. The molecule has 1 unspecified atom stereocenters. The highest BCUT2D eigenvalue weighted by molar-refractivity contribution is 5.07. The van der Waals surface area contributed by atoms with Gasteiger partial charge in [-0.25, -0.2) is 0 Å². The molecule has 2 aliphatic carbocycles. The van der Waals surface area contributed by atoms with Gasteiger partial charge in [-0.3, -0.25) is 0 Å². The minimum atomic E-state index is 0.674. The van der Waals surface area contributed by atoms with E-state index in [0.717, 1.165) is 11.3 Å². The van der Waals surface area contributed by atoms with E-state index in [1.807, 2.05) is 0 Å². The minimum absolute atomic E-state index is 0.674. The maximum atomic E-state index is 3.53. The number of nitrogens with one attached hydrogen (secondary N) is 1. The molecule has 0 aromatic heterocycles. The SMILES string of the molecule is CC(C)NCC1CC12CCC2. The lowest BCUT2D eigenvalue weighted by molar-refractivity contribution is 0.254. The van der Waals surface area contributed by atoms with Gasteiger partial charge in [0.25, 0.3) is 0 Å².